The van der Waals surface area contributed by atoms with E-state index in [4.69, 9.17) is 0 Å². The molecule has 1 aromatic heterocycles. The van der Waals surface area contributed by atoms with Gasteiger partial charge in [-0.25, -0.2) is 4.98 Å². The summed E-state index contributed by atoms with van der Waals surface area (Å²) < 4.78 is 1.94. The van der Waals surface area contributed by atoms with Crippen LogP contribution in [-0.2, 0) is 18.3 Å². The standard InChI is InChI=1S/C15H18N4O3/c1-17-13-6-5-11(19(21)22)10-12(13)16-14(17)7-9-18-8-3-2-4-15(18)20/h5-6,10H,2-4,7-9H2,1H3. The van der Waals surface area contributed by atoms with Crippen molar-refractivity contribution in [1.29, 1.82) is 0 Å². The van der Waals surface area contributed by atoms with Gasteiger partial charge in [-0.2, -0.15) is 0 Å². The van der Waals surface area contributed by atoms with Gasteiger partial charge in [-0.05, 0) is 18.9 Å². The molecule has 0 N–H and O–H groups in total. The fourth-order valence-corrected chi connectivity index (χ4v) is 2.91. The largest absolute Gasteiger partial charge is 0.342 e. The van der Waals surface area contributed by atoms with E-state index in [1.807, 2.05) is 16.5 Å². The molecular formula is C15H18N4O3. The Bertz CT molecular complexity index is 738. The highest BCUT2D eigenvalue weighted by Crippen LogP contribution is 2.21. The van der Waals surface area contributed by atoms with Crippen LogP contribution in [0.25, 0.3) is 11.0 Å². The minimum absolute atomic E-state index is 0.0448. The number of benzene rings is 1. The van der Waals surface area contributed by atoms with Crippen LogP contribution in [0, 0.1) is 10.1 Å². The zero-order chi connectivity index (χ0) is 15.7. The van der Waals surface area contributed by atoms with Gasteiger partial charge in [-0.3, -0.25) is 14.9 Å². The molecule has 1 fully saturated rings. The molecule has 7 nitrogen and oxygen atoms in total. The molecule has 0 bridgehead atoms. The Morgan fingerprint density at radius 3 is 2.91 bits per heavy atom. The summed E-state index contributed by atoms with van der Waals surface area (Å²) in [5.74, 6) is 1.05. The summed E-state index contributed by atoms with van der Waals surface area (Å²) in [7, 11) is 1.90. The molecule has 1 aliphatic heterocycles. The smallest absolute Gasteiger partial charge is 0.271 e. The number of likely N-dealkylation sites (tertiary alicyclic amines) is 1. The van der Waals surface area contributed by atoms with E-state index in [1.54, 1.807) is 6.07 Å². The van der Waals surface area contributed by atoms with E-state index in [0.717, 1.165) is 30.7 Å². The summed E-state index contributed by atoms with van der Waals surface area (Å²) in [6, 6.07) is 4.70. The number of rotatable bonds is 4. The Kier molecular flexibility index (Phi) is 3.79. The minimum atomic E-state index is -0.416. The monoisotopic (exact) mass is 302 g/mol. The van der Waals surface area contributed by atoms with Crippen LogP contribution >= 0.6 is 0 Å². The maximum Gasteiger partial charge on any atom is 0.271 e. The highest BCUT2D eigenvalue weighted by atomic mass is 16.6. The minimum Gasteiger partial charge on any atom is -0.342 e. The second-order valence-corrected chi connectivity index (χ2v) is 5.61. The molecule has 0 unspecified atom stereocenters. The average Bonchev–Trinajstić information content (AvgIpc) is 2.82. The number of aromatic nitrogens is 2. The summed E-state index contributed by atoms with van der Waals surface area (Å²) in [4.78, 5) is 28.6. The summed E-state index contributed by atoms with van der Waals surface area (Å²) in [6.07, 6.45) is 3.32. The van der Waals surface area contributed by atoms with Crippen LogP contribution < -0.4 is 0 Å². The van der Waals surface area contributed by atoms with Crippen LogP contribution in [0.2, 0.25) is 0 Å². The van der Waals surface area contributed by atoms with Crippen molar-refractivity contribution >= 4 is 22.6 Å². The number of imidazole rings is 1. The first-order valence-electron chi connectivity index (χ1n) is 7.44. The van der Waals surface area contributed by atoms with Crippen molar-refractivity contribution in [2.24, 2.45) is 7.05 Å². The van der Waals surface area contributed by atoms with E-state index in [0.29, 0.717) is 24.9 Å². The van der Waals surface area contributed by atoms with E-state index in [2.05, 4.69) is 4.98 Å². The lowest BCUT2D eigenvalue weighted by Crippen LogP contribution is -2.36. The van der Waals surface area contributed by atoms with E-state index >= 15 is 0 Å². The second-order valence-electron chi connectivity index (χ2n) is 5.61. The molecule has 116 valence electrons. The van der Waals surface area contributed by atoms with Crippen molar-refractivity contribution < 1.29 is 9.72 Å². The third-order valence-corrected chi connectivity index (χ3v) is 4.19. The number of hydrogen-bond donors (Lipinski definition) is 0. The van der Waals surface area contributed by atoms with Crippen LogP contribution in [0.15, 0.2) is 18.2 Å². The fourth-order valence-electron chi connectivity index (χ4n) is 2.91. The fraction of sp³-hybridized carbons (Fsp3) is 0.467. The molecule has 1 amide bonds. The quantitative estimate of drug-likeness (QED) is 0.639. The molecule has 3 rings (SSSR count). The van der Waals surface area contributed by atoms with Crippen molar-refractivity contribution in [2.75, 3.05) is 13.1 Å². The lowest BCUT2D eigenvalue weighted by molar-refractivity contribution is -0.384. The number of nitrogens with zero attached hydrogens (tertiary/aromatic N) is 4. The molecule has 0 saturated carbocycles. The van der Waals surface area contributed by atoms with Crippen molar-refractivity contribution in [2.45, 2.75) is 25.7 Å². The summed E-state index contributed by atoms with van der Waals surface area (Å²) in [5.41, 5.74) is 1.53. The molecule has 0 spiro atoms. The molecule has 0 atom stereocenters. The first-order valence-corrected chi connectivity index (χ1v) is 7.44. The van der Waals surface area contributed by atoms with E-state index < -0.39 is 4.92 Å². The van der Waals surface area contributed by atoms with Crippen molar-refractivity contribution in [3.63, 3.8) is 0 Å². The topological polar surface area (TPSA) is 81.3 Å². The third kappa shape index (κ3) is 2.66. The number of nitro benzene ring substituents is 1. The number of hydrogen-bond acceptors (Lipinski definition) is 4. The Morgan fingerprint density at radius 1 is 1.36 bits per heavy atom. The molecular weight excluding hydrogens is 284 g/mol. The van der Waals surface area contributed by atoms with Gasteiger partial charge < -0.3 is 9.47 Å². The van der Waals surface area contributed by atoms with Crippen LogP contribution in [0.1, 0.15) is 25.1 Å². The first kappa shape index (κ1) is 14.5. The lowest BCUT2D eigenvalue weighted by atomic mass is 10.1. The van der Waals surface area contributed by atoms with E-state index in [1.165, 1.54) is 12.1 Å². The van der Waals surface area contributed by atoms with Gasteiger partial charge in [-0.15, -0.1) is 0 Å². The zero-order valence-corrected chi connectivity index (χ0v) is 12.5. The number of amides is 1. The third-order valence-electron chi connectivity index (χ3n) is 4.19. The Balaban J connectivity index is 1.80. The number of non-ortho nitro benzene ring substituents is 1. The van der Waals surface area contributed by atoms with Crippen LogP contribution in [0.4, 0.5) is 5.69 Å². The van der Waals surface area contributed by atoms with Gasteiger partial charge in [0.2, 0.25) is 5.91 Å². The normalized spacial score (nSPS) is 15.5. The van der Waals surface area contributed by atoms with Crippen molar-refractivity contribution in [3.05, 3.63) is 34.1 Å². The second kappa shape index (κ2) is 5.75. The predicted molar refractivity (Wildman–Crippen MR) is 81.5 cm³/mol. The number of carbonyl (C=O) groups excluding carboxylic acids is 1. The number of fused-ring (bicyclic) bond motifs is 1. The predicted octanol–water partition coefficient (Wildman–Crippen LogP) is 2.04. The molecule has 22 heavy (non-hydrogen) atoms. The molecule has 0 aliphatic carbocycles. The molecule has 1 aromatic carbocycles. The maximum absolute atomic E-state index is 11.8. The lowest BCUT2D eigenvalue weighted by Gasteiger charge is -2.26. The molecule has 2 heterocycles. The maximum atomic E-state index is 11.8. The average molecular weight is 302 g/mol. The van der Waals surface area contributed by atoms with Crippen LogP contribution in [0.3, 0.4) is 0 Å². The van der Waals surface area contributed by atoms with Gasteiger partial charge in [0.25, 0.3) is 5.69 Å². The Labute approximate surface area is 127 Å². The Morgan fingerprint density at radius 2 is 2.18 bits per heavy atom. The number of carbonyl (C=O) groups is 1. The first-order chi connectivity index (χ1) is 10.6. The number of aryl methyl sites for hydroxylation is 1. The zero-order valence-electron chi connectivity index (χ0n) is 12.5. The van der Waals surface area contributed by atoms with Gasteiger partial charge in [0.1, 0.15) is 5.82 Å². The summed E-state index contributed by atoms with van der Waals surface area (Å²) >= 11 is 0. The van der Waals surface area contributed by atoms with Gasteiger partial charge in [0.15, 0.2) is 0 Å². The van der Waals surface area contributed by atoms with Gasteiger partial charge in [0, 0.05) is 45.1 Å². The highest BCUT2D eigenvalue weighted by molar-refractivity contribution is 5.79. The van der Waals surface area contributed by atoms with E-state index in [9.17, 15) is 14.9 Å². The van der Waals surface area contributed by atoms with Crippen molar-refractivity contribution in [3.8, 4) is 0 Å². The molecule has 2 aromatic rings. The molecule has 1 aliphatic rings. The van der Waals surface area contributed by atoms with Crippen LogP contribution in [-0.4, -0.2) is 38.4 Å². The number of piperidine rings is 1. The summed E-state index contributed by atoms with van der Waals surface area (Å²) in [5, 5.41) is 10.8. The van der Waals surface area contributed by atoms with E-state index in [-0.39, 0.29) is 11.6 Å². The van der Waals surface area contributed by atoms with Crippen molar-refractivity contribution in [1.82, 2.24) is 14.5 Å². The molecule has 7 heteroatoms. The van der Waals surface area contributed by atoms with Gasteiger partial charge in [-0.1, -0.05) is 0 Å². The highest BCUT2D eigenvalue weighted by Gasteiger charge is 2.19. The Hall–Kier alpha value is -2.44. The SMILES string of the molecule is Cn1c(CCN2CCCCC2=O)nc2cc([N+](=O)[O-])ccc21. The van der Waals surface area contributed by atoms with Gasteiger partial charge >= 0.3 is 0 Å². The summed E-state index contributed by atoms with van der Waals surface area (Å²) in [6.45, 7) is 1.46. The van der Waals surface area contributed by atoms with Gasteiger partial charge in [0.05, 0.1) is 16.0 Å². The molecule has 1 saturated heterocycles. The van der Waals surface area contributed by atoms with Crippen LogP contribution in [0.5, 0.6) is 0 Å². The number of nitro groups is 1. The molecule has 0 radical (unpaired) electrons.